The van der Waals surface area contributed by atoms with Gasteiger partial charge in [-0.15, -0.1) is 24.0 Å². The molecule has 0 amide bonds. The number of hydrazine groups is 1. The van der Waals surface area contributed by atoms with E-state index in [1.165, 1.54) is 84.1 Å². The molecule has 0 aliphatic heterocycles. The molecule has 0 aromatic carbocycles. The molecule has 2 aromatic heterocycles. The van der Waals surface area contributed by atoms with Gasteiger partial charge in [-0.1, -0.05) is 20.4 Å². The number of pyridine rings is 1. The molecule has 0 atom stereocenters. The Kier molecular flexibility index (Phi) is 5.45. The van der Waals surface area contributed by atoms with Gasteiger partial charge in [-0.25, -0.2) is 4.39 Å². The van der Waals surface area contributed by atoms with Gasteiger partial charge in [0, 0.05) is 22.2 Å². The summed E-state index contributed by atoms with van der Waals surface area (Å²) in [6.07, 6.45) is 10.5. The molecule has 1 spiro atoms. The minimum absolute atomic E-state index is 0.120. The van der Waals surface area contributed by atoms with Crippen LogP contribution >= 0.6 is 24.0 Å². The average molecular weight is 418 g/mol. The highest BCUT2D eigenvalue weighted by molar-refractivity contribution is 7.82. The Labute approximate surface area is 176 Å². The Bertz CT molecular complexity index is 900. The van der Waals surface area contributed by atoms with Crippen molar-refractivity contribution in [2.45, 2.75) is 74.3 Å². The van der Waals surface area contributed by atoms with Gasteiger partial charge in [0.2, 0.25) is 0 Å². The molecule has 1 saturated carbocycles. The second-order valence-corrected chi connectivity index (χ2v) is 10.2. The zero-order valence-electron chi connectivity index (χ0n) is 16.6. The molecule has 0 unspecified atom stereocenters. The van der Waals surface area contributed by atoms with Crippen LogP contribution in [0, 0.1) is 5.82 Å². The molecule has 150 valence electrons. The van der Waals surface area contributed by atoms with Crippen molar-refractivity contribution in [2.75, 3.05) is 5.43 Å². The molecule has 3 nitrogen and oxygen atoms in total. The molecule has 2 N–H and O–H groups in total. The van der Waals surface area contributed by atoms with Crippen LogP contribution < -0.4 is 10.9 Å². The third-order valence-corrected chi connectivity index (χ3v) is 7.67. The Morgan fingerprint density at radius 1 is 1.25 bits per heavy atom. The minimum atomic E-state index is -0.120. The van der Waals surface area contributed by atoms with Gasteiger partial charge in [0.05, 0.1) is 15.6 Å². The van der Waals surface area contributed by atoms with Crippen LogP contribution in [0.1, 0.15) is 72.8 Å². The molecule has 3 aliphatic carbocycles. The standard InChI is InChI=1S/C15H19N3.C7H9FS2/c1-2-16-18-13-10-4-3-5-12(10)17-14-11(13)6-7-15(14)8-9-15;1-4(2)7-5(8)3-6(9)10-7/h2,16H,1,3-9H2,(H,17,18);3-4,9H,1-2H3. The highest BCUT2D eigenvalue weighted by Crippen LogP contribution is 2.58. The molecule has 6 heteroatoms. The first-order valence-electron chi connectivity index (χ1n) is 10.1. The van der Waals surface area contributed by atoms with Crippen LogP contribution in [0.3, 0.4) is 0 Å². The smallest absolute Gasteiger partial charge is 0.138 e. The lowest BCUT2D eigenvalue weighted by atomic mass is 10.0. The fraction of sp³-hybridized carbons (Fsp3) is 0.500. The lowest BCUT2D eigenvalue weighted by Gasteiger charge is -2.17. The maximum absolute atomic E-state index is 12.8. The number of rotatable bonds is 4. The number of hydrogen-bond donors (Lipinski definition) is 3. The van der Waals surface area contributed by atoms with Crippen molar-refractivity contribution < 1.29 is 4.39 Å². The van der Waals surface area contributed by atoms with Crippen LogP contribution in [-0.2, 0) is 24.7 Å². The number of thiophene rings is 1. The first-order valence-corrected chi connectivity index (χ1v) is 11.4. The maximum Gasteiger partial charge on any atom is 0.138 e. The van der Waals surface area contributed by atoms with Crippen LogP contribution in [0.5, 0.6) is 0 Å². The van der Waals surface area contributed by atoms with Gasteiger partial charge in [0.15, 0.2) is 0 Å². The summed E-state index contributed by atoms with van der Waals surface area (Å²) < 4.78 is 13.6. The first kappa shape index (κ1) is 19.8. The van der Waals surface area contributed by atoms with Crippen LogP contribution in [-0.4, -0.2) is 4.98 Å². The Balaban J connectivity index is 0.000000165. The highest BCUT2D eigenvalue weighted by atomic mass is 32.2. The van der Waals surface area contributed by atoms with Gasteiger partial charge in [-0.2, -0.15) is 0 Å². The lowest BCUT2D eigenvalue weighted by molar-refractivity contribution is 0.607. The fourth-order valence-corrected chi connectivity index (χ4v) is 5.65. The van der Waals surface area contributed by atoms with E-state index < -0.39 is 0 Å². The first-order chi connectivity index (χ1) is 13.4. The highest BCUT2D eigenvalue weighted by Gasteiger charge is 2.51. The van der Waals surface area contributed by atoms with Gasteiger partial charge in [-0.3, -0.25) is 4.98 Å². The van der Waals surface area contributed by atoms with E-state index in [4.69, 9.17) is 4.98 Å². The van der Waals surface area contributed by atoms with E-state index in [1.54, 1.807) is 6.20 Å². The zero-order valence-corrected chi connectivity index (χ0v) is 18.3. The number of halogens is 1. The Hall–Kier alpha value is -1.53. The largest absolute Gasteiger partial charge is 0.309 e. The van der Waals surface area contributed by atoms with E-state index in [1.807, 2.05) is 13.8 Å². The average Bonchev–Trinajstić information content (AvgIpc) is 2.97. The third kappa shape index (κ3) is 3.57. The van der Waals surface area contributed by atoms with Crippen molar-refractivity contribution in [1.29, 1.82) is 0 Å². The number of nitrogens with one attached hydrogen (secondary N) is 2. The van der Waals surface area contributed by atoms with E-state index in [-0.39, 0.29) is 11.7 Å². The van der Waals surface area contributed by atoms with Crippen LogP contribution in [0.4, 0.5) is 10.1 Å². The summed E-state index contributed by atoms with van der Waals surface area (Å²) in [5.74, 6) is 0.149. The van der Waals surface area contributed by atoms with E-state index >= 15 is 0 Å². The molecule has 0 saturated heterocycles. The van der Waals surface area contributed by atoms with Crippen LogP contribution in [0.15, 0.2) is 23.1 Å². The van der Waals surface area contributed by atoms with E-state index in [9.17, 15) is 4.39 Å². The van der Waals surface area contributed by atoms with E-state index in [0.717, 1.165) is 15.5 Å². The number of anilines is 1. The summed E-state index contributed by atoms with van der Waals surface area (Å²) in [6.45, 7) is 7.66. The predicted octanol–water partition coefficient (Wildman–Crippen LogP) is 5.91. The quantitative estimate of drug-likeness (QED) is 0.428. The number of nitrogens with zero attached hydrogens (tertiary/aromatic N) is 1. The monoisotopic (exact) mass is 417 g/mol. The van der Waals surface area contributed by atoms with Gasteiger partial charge in [0.25, 0.3) is 0 Å². The number of aryl methyl sites for hydroxylation is 1. The molecule has 2 heterocycles. The molecule has 5 rings (SSSR count). The number of hydrogen-bond acceptors (Lipinski definition) is 5. The summed E-state index contributed by atoms with van der Waals surface area (Å²) in [6, 6.07) is 1.46. The molecule has 0 radical (unpaired) electrons. The molecular weight excluding hydrogens is 389 g/mol. The van der Waals surface area contributed by atoms with Crippen molar-refractivity contribution in [2.24, 2.45) is 0 Å². The molecule has 3 aliphatic rings. The fourth-order valence-electron chi connectivity index (χ4n) is 4.46. The molecule has 1 fully saturated rings. The number of thiol groups is 1. The van der Waals surface area contributed by atoms with E-state index in [2.05, 4.69) is 30.1 Å². The van der Waals surface area contributed by atoms with Crippen LogP contribution in [0.2, 0.25) is 0 Å². The summed E-state index contributed by atoms with van der Waals surface area (Å²) >= 11 is 5.46. The summed E-state index contributed by atoms with van der Waals surface area (Å²) in [5.41, 5.74) is 13.9. The van der Waals surface area contributed by atoms with Gasteiger partial charge in [0.1, 0.15) is 5.82 Å². The third-order valence-electron chi connectivity index (χ3n) is 6.06. The maximum atomic E-state index is 12.8. The summed E-state index contributed by atoms with van der Waals surface area (Å²) in [5, 5.41) is 0. The number of aromatic nitrogens is 1. The minimum Gasteiger partial charge on any atom is -0.309 e. The van der Waals surface area contributed by atoms with Gasteiger partial charge >= 0.3 is 0 Å². The molecule has 0 bridgehead atoms. The Morgan fingerprint density at radius 3 is 2.61 bits per heavy atom. The Morgan fingerprint density at radius 2 is 2.04 bits per heavy atom. The predicted molar refractivity (Wildman–Crippen MR) is 118 cm³/mol. The van der Waals surface area contributed by atoms with Crippen molar-refractivity contribution in [1.82, 2.24) is 10.4 Å². The normalized spacial score (nSPS) is 17.8. The summed E-state index contributed by atoms with van der Waals surface area (Å²) in [4.78, 5) is 5.82. The SMILES string of the molecule is C=CNNc1c2c(nc3c1CCC31CC1)CCC2.CC(C)c1sc(S)cc1F. The van der Waals surface area contributed by atoms with Crippen molar-refractivity contribution in [3.05, 3.63) is 52.1 Å². The lowest BCUT2D eigenvalue weighted by Crippen LogP contribution is -2.18. The number of fused-ring (bicyclic) bond motifs is 3. The van der Waals surface area contributed by atoms with E-state index in [0.29, 0.717) is 5.41 Å². The molecular formula is C22H28FN3S2. The second kappa shape index (κ2) is 7.71. The van der Waals surface area contributed by atoms with Gasteiger partial charge < -0.3 is 10.9 Å². The molecule has 2 aromatic rings. The van der Waals surface area contributed by atoms with Crippen LogP contribution in [0.25, 0.3) is 0 Å². The second-order valence-electron chi connectivity index (χ2n) is 8.30. The topological polar surface area (TPSA) is 37.0 Å². The van der Waals surface area contributed by atoms with Crippen molar-refractivity contribution in [3.8, 4) is 0 Å². The summed E-state index contributed by atoms with van der Waals surface area (Å²) in [7, 11) is 0. The van der Waals surface area contributed by atoms with Crippen molar-refractivity contribution >= 4 is 29.7 Å². The zero-order chi connectivity index (χ0) is 19.9. The molecule has 28 heavy (non-hydrogen) atoms. The van der Waals surface area contributed by atoms with Crippen molar-refractivity contribution in [3.63, 3.8) is 0 Å². The van der Waals surface area contributed by atoms with Gasteiger partial charge in [-0.05, 0) is 68.1 Å².